The quantitative estimate of drug-likeness (QED) is 0.274. The highest BCUT2D eigenvalue weighted by Gasteiger charge is 2.56. The number of nitrogens with one attached hydrogen (secondary N) is 1. The highest BCUT2D eigenvalue weighted by atomic mass is 16.6. The Morgan fingerprint density at radius 3 is 1.86 bits per heavy atom. The number of hydrogen-bond acceptors (Lipinski definition) is 8. The first-order valence-corrected chi connectivity index (χ1v) is 20.9. The molecule has 11 nitrogen and oxygen atoms in total. The summed E-state index contributed by atoms with van der Waals surface area (Å²) in [5, 5.41) is 0. The smallest absolute Gasteiger partial charge is 0.410 e. The number of aromatic nitrogens is 2. The summed E-state index contributed by atoms with van der Waals surface area (Å²) in [6.07, 6.45) is 8.55. The molecule has 7 aliphatic rings. The predicted molar refractivity (Wildman–Crippen MR) is 217 cm³/mol. The molecule has 3 aromatic rings. The molecule has 2 atom stereocenters. The fraction of sp³-hybridized carbons (Fsp3) is 0.565. The molecule has 0 unspecified atom stereocenters. The molecule has 2 aromatic carbocycles. The summed E-state index contributed by atoms with van der Waals surface area (Å²) in [5.41, 5.74) is 9.74. The second-order valence-corrected chi connectivity index (χ2v) is 20.2. The largest absolute Gasteiger partial charge is 0.488 e. The molecular weight excluding hydrogens is 719 g/mol. The highest BCUT2D eigenvalue weighted by Crippen LogP contribution is 2.59. The van der Waals surface area contributed by atoms with Crippen molar-refractivity contribution in [1.82, 2.24) is 19.8 Å². The van der Waals surface area contributed by atoms with E-state index in [4.69, 9.17) is 28.9 Å². The molecule has 0 radical (unpaired) electrons. The average molecular weight is 774 g/mol. The Bertz CT molecular complexity index is 2230. The van der Waals surface area contributed by atoms with E-state index in [9.17, 15) is 9.59 Å². The van der Waals surface area contributed by atoms with Crippen LogP contribution < -0.4 is 9.47 Å². The van der Waals surface area contributed by atoms with Gasteiger partial charge in [-0.05, 0) is 132 Å². The Balaban J connectivity index is 0.919. The lowest BCUT2D eigenvalue weighted by atomic mass is 9.86. The molecule has 2 saturated heterocycles. The number of carbonyl (C=O) groups excluding carboxylic acids is 2. The van der Waals surface area contributed by atoms with Crippen LogP contribution in [-0.2, 0) is 22.7 Å². The van der Waals surface area contributed by atoms with Crippen molar-refractivity contribution in [3.05, 3.63) is 58.7 Å². The number of carbonyl (C=O) groups is 2. The number of nitrogens with zero attached hydrogens (tertiary/aromatic N) is 4. The van der Waals surface area contributed by atoms with E-state index in [1.54, 1.807) is 0 Å². The van der Waals surface area contributed by atoms with Gasteiger partial charge in [-0.3, -0.25) is 14.8 Å². The van der Waals surface area contributed by atoms with E-state index in [1.807, 2.05) is 57.5 Å². The number of imidazole rings is 1. The molecule has 0 bridgehead atoms. The van der Waals surface area contributed by atoms with Gasteiger partial charge in [0.25, 0.3) is 0 Å². The van der Waals surface area contributed by atoms with Gasteiger partial charge >= 0.3 is 12.2 Å². The third-order valence-electron chi connectivity index (χ3n) is 13.0. The second-order valence-electron chi connectivity index (χ2n) is 20.2. The first kappa shape index (κ1) is 36.5. The molecule has 6 heterocycles. The first-order valence-electron chi connectivity index (χ1n) is 20.9. The van der Waals surface area contributed by atoms with Gasteiger partial charge in [-0.1, -0.05) is 13.8 Å². The molecular formula is C46H55N5O6. The molecule has 1 N–H and O–H groups in total. The van der Waals surface area contributed by atoms with Crippen LogP contribution in [-0.4, -0.2) is 68.0 Å². The van der Waals surface area contributed by atoms with Crippen molar-refractivity contribution in [2.75, 3.05) is 13.1 Å². The van der Waals surface area contributed by atoms with Crippen LogP contribution in [0.3, 0.4) is 0 Å². The van der Waals surface area contributed by atoms with Crippen LogP contribution >= 0.6 is 0 Å². The summed E-state index contributed by atoms with van der Waals surface area (Å²) in [4.78, 5) is 44.5. The molecule has 57 heavy (non-hydrogen) atoms. The van der Waals surface area contributed by atoms with Crippen LogP contribution in [0.25, 0.3) is 28.0 Å². The zero-order valence-corrected chi connectivity index (χ0v) is 34.6. The van der Waals surface area contributed by atoms with Gasteiger partial charge in [0.2, 0.25) is 0 Å². The number of ether oxygens (including phenoxy) is 4. The lowest BCUT2D eigenvalue weighted by Gasteiger charge is -2.31. The summed E-state index contributed by atoms with van der Waals surface area (Å²) in [6.45, 7) is 18.1. The van der Waals surface area contributed by atoms with Crippen molar-refractivity contribution in [1.29, 1.82) is 0 Å². The Morgan fingerprint density at radius 1 is 0.789 bits per heavy atom. The van der Waals surface area contributed by atoms with E-state index in [0.29, 0.717) is 26.2 Å². The van der Waals surface area contributed by atoms with Gasteiger partial charge in [-0.2, -0.15) is 0 Å². The first-order chi connectivity index (χ1) is 27.0. The van der Waals surface area contributed by atoms with E-state index in [-0.39, 0.29) is 41.0 Å². The molecule has 5 aliphatic heterocycles. The number of benzene rings is 2. The zero-order chi connectivity index (χ0) is 39.8. The van der Waals surface area contributed by atoms with Crippen molar-refractivity contribution in [2.45, 2.75) is 143 Å². The van der Waals surface area contributed by atoms with Crippen molar-refractivity contribution in [3.63, 3.8) is 0 Å². The normalized spacial score (nSPS) is 23.3. The fourth-order valence-corrected chi connectivity index (χ4v) is 9.79. The van der Waals surface area contributed by atoms with Crippen molar-refractivity contribution < 1.29 is 28.5 Å². The monoisotopic (exact) mass is 773 g/mol. The van der Waals surface area contributed by atoms with Gasteiger partial charge in [-0.25, -0.2) is 14.6 Å². The van der Waals surface area contributed by atoms with Crippen molar-refractivity contribution in [2.24, 2.45) is 15.8 Å². The number of aliphatic imine (C=N–C) groups is 1. The highest BCUT2D eigenvalue weighted by molar-refractivity contribution is 6.03. The molecule has 1 aromatic heterocycles. The molecule has 11 heteroatoms. The standard InChI is InChI=1S/C46H55N5O6/c1-25(2)38-39(49-40(48-38)33-19-46(11-12-46)24-51(33)42(53)57-44(6,7)8)27-14-30-22-54-34-16-26(13-29-21-55-35(17-27)37(30)36(29)34)28-15-31(47-20-28)32-18-45(9-10-45)23-50(32)41(52)56-43(3,4)5/h13-14,16-17,20,25,32-33H,9-12,15,18-19,21-24H2,1-8H3,(H,48,49)/t32-,33-/m0/s1. The maximum Gasteiger partial charge on any atom is 0.410 e. The van der Waals surface area contributed by atoms with Crippen LogP contribution in [0.1, 0.15) is 141 Å². The minimum absolute atomic E-state index is 0.0472. The number of aromatic amines is 1. The topological polar surface area (TPSA) is 119 Å². The Morgan fingerprint density at radius 2 is 1.32 bits per heavy atom. The number of rotatable bonds is 5. The van der Waals surface area contributed by atoms with Crippen LogP contribution in [0.15, 0.2) is 35.5 Å². The Hall–Kier alpha value is -4.80. The summed E-state index contributed by atoms with van der Waals surface area (Å²) in [5.74, 6) is 2.69. The third-order valence-corrected chi connectivity index (χ3v) is 13.0. The van der Waals surface area contributed by atoms with E-state index in [0.717, 1.165) is 118 Å². The summed E-state index contributed by atoms with van der Waals surface area (Å²) >= 11 is 0. The summed E-state index contributed by atoms with van der Waals surface area (Å²) < 4.78 is 24.9. The van der Waals surface area contributed by atoms with Crippen LogP contribution in [0.4, 0.5) is 9.59 Å². The van der Waals surface area contributed by atoms with Gasteiger partial charge in [0, 0.05) is 64.9 Å². The zero-order valence-electron chi connectivity index (χ0n) is 34.6. The summed E-state index contributed by atoms with van der Waals surface area (Å²) in [6, 6.07) is 8.49. The van der Waals surface area contributed by atoms with E-state index >= 15 is 0 Å². The van der Waals surface area contributed by atoms with Gasteiger partial charge in [0.05, 0.1) is 17.8 Å². The molecule has 2 amide bonds. The number of allylic oxidation sites excluding steroid dienone is 1. The van der Waals surface area contributed by atoms with Gasteiger partial charge < -0.3 is 23.9 Å². The lowest BCUT2D eigenvalue weighted by Crippen LogP contribution is -2.43. The lowest BCUT2D eigenvalue weighted by molar-refractivity contribution is 0.0210. The van der Waals surface area contributed by atoms with E-state index < -0.39 is 11.2 Å². The SMILES string of the molecule is CC(C)c1[nH]c([C@@H]2CC3(CC3)CN2C(=O)OC(C)(C)C)nc1-c1cc2c3c(c1)OCc1cc(C4=CN=C([C@@H]5CC6(CC6)CN5C(=O)OC(C)(C)C)C4)cc(c1-3)OC2. The molecule has 4 fully saturated rings. The maximum absolute atomic E-state index is 13.5. The molecule has 2 aliphatic carbocycles. The number of hydrogen-bond donors (Lipinski definition) is 1. The Labute approximate surface area is 335 Å². The maximum atomic E-state index is 13.5. The number of likely N-dealkylation sites (tertiary alicyclic amines) is 2. The predicted octanol–water partition coefficient (Wildman–Crippen LogP) is 10.1. The van der Waals surface area contributed by atoms with Crippen LogP contribution in [0.5, 0.6) is 11.5 Å². The minimum Gasteiger partial charge on any atom is -0.488 e. The fourth-order valence-electron chi connectivity index (χ4n) is 9.79. The van der Waals surface area contributed by atoms with Crippen LogP contribution in [0, 0.1) is 10.8 Å². The molecule has 10 rings (SSSR count). The number of amides is 2. The van der Waals surface area contributed by atoms with Crippen molar-refractivity contribution >= 4 is 23.5 Å². The van der Waals surface area contributed by atoms with Gasteiger partial charge in [0.15, 0.2) is 0 Å². The van der Waals surface area contributed by atoms with Gasteiger partial charge in [-0.15, -0.1) is 0 Å². The molecule has 300 valence electrons. The second kappa shape index (κ2) is 12.4. The molecule has 2 spiro atoms. The van der Waals surface area contributed by atoms with E-state index in [1.165, 1.54) is 0 Å². The average Bonchev–Trinajstić information content (AvgIpc) is 3.73. The summed E-state index contributed by atoms with van der Waals surface area (Å²) in [7, 11) is 0. The minimum atomic E-state index is -0.571. The molecule has 2 saturated carbocycles. The number of H-pyrrole nitrogens is 1. The van der Waals surface area contributed by atoms with Gasteiger partial charge in [0.1, 0.15) is 41.7 Å². The third kappa shape index (κ3) is 6.49. The van der Waals surface area contributed by atoms with E-state index in [2.05, 4.69) is 43.1 Å². The Kier molecular flexibility index (Phi) is 7.92. The van der Waals surface area contributed by atoms with Crippen LogP contribution in [0.2, 0.25) is 0 Å². The van der Waals surface area contributed by atoms with Crippen molar-refractivity contribution in [3.8, 4) is 33.9 Å².